The van der Waals surface area contributed by atoms with Crippen molar-refractivity contribution in [1.82, 2.24) is 0 Å². The Labute approximate surface area is 237 Å². The van der Waals surface area contributed by atoms with Gasteiger partial charge in [0, 0.05) is 0 Å². The third-order valence-corrected chi connectivity index (χ3v) is 50.5. The van der Waals surface area contributed by atoms with Crippen molar-refractivity contribution in [3.63, 3.8) is 0 Å². The minimum absolute atomic E-state index is 0. The van der Waals surface area contributed by atoms with Gasteiger partial charge < -0.3 is 24.8 Å². The van der Waals surface area contributed by atoms with E-state index < -0.39 is 28.4 Å². The summed E-state index contributed by atoms with van der Waals surface area (Å²) in [6.45, 7) is 29.4. The normalized spacial score (nSPS) is 20.7. The van der Waals surface area contributed by atoms with Crippen LogP contribution in [-0.2, 0) is 18.3 Å². The zero-order valence-corrected chi connectivity index (χ0v) is 31.5. The molecule has 0 aliphatic heterocycles. The van der Waals surface area contributed by atoms with Crippen LogP contribution in [0, 0.1) is 22.7 Å². The van der Waals surface area contributed by atoms with Crippen LogP contribution in [0.1, 0.15) is 83.1 Å². The Balaban J connectivity index is 0.00000306. The second-order valence-corrected chi connectivity index (χ2v) is 45.5. The van der Waals surface area contributed by atoms with Crippen molar-refractivity contribution in [2.75, 3.05) is 0 Å². The summed E-state index contributed by atoms with van der Waals surface area (Å²) in [6, 6.07) is 11.7. The van der Waals surface area contributed by atoms with Gasteiger partial charge in [-0.1, -0.05) is 0 Å². The summed E-state index contributed by atoms with van der Waals surface area (Å²) < 4.78 is 5.62. The van der Waals surface area contributed by atoms with Gasteiger partial charge in [-0.05, 0) is 0 Å². The SMILES string of the molecule is CC1=[C]([Hf+2]([C]2=C(C)C(C(C)(C)C)=C(C)C2C)=[Ge]([CH3])[c]2ccccc2)C(C)C(C)=C1C(C)(C)C.[Cl-].[Cl-]. The van der Waals surface area contributed by atoms with Crippen LogP contribution in [-0.4, -0.2) is 10.1 Å². The smallest absolute Gasteiger partial charge is 1.00 e. The fraction of sp³-hybridized carbons (Fsp3) is 0.548. The van der Waals surface area contributed by atoms with Gasteiger partial charge in [0.25, 0.3) is 0 Å². The molecule has 0 saturated carbocycles. The number of rotatable bonds is 3. The van der Waals surface area contributed by atoms with Crippen LogP contribution in [0.15, 0.2) is 70.4 Å². The van der Waals surface area contributed by atoms with Gasteiger partial charge in [-0.15, -0.1) is 0 Å². The van der Waals surface area contributed by atoms with Gasteiger partial charge in [0.15, 0.2) is 0 Å². The molecule has 4 heteroatoms. The zero-order valence-electron chi connectivity index (χ0n) is 24.3. The number of hydrogen-bond donors (Lipinski definition) is 0. The Morgan fingerprint density at radius 2 is 1.00 bits per heavy atom. The largest absolute Gasteiger partial charge is 1.00 e. The number of benzene rings is 1. The van der Waals surface area contributed by atoms with Crippen LogP contribution in [0.5, 0.6) is 0 Å². The first kappa shape index (κ1) is 33.2. The Bertz CT molecular complexity index is 1070. The maximum Gasteiger partial charge on any atom is -1.00 e. The maximum atomic E-state index is 2.73. The van der Waals surface area contributed by atoms with Crippen molar-refractivity contribution in [3.05, 3.63) is 70.4 Å². The van der Waals surface area contributed by atoms with Gasteiger partial charge in [-0.3, -0.25) is 0 Å². The molecular weight excluding hydrogens is 694 g/mol. The van der Waals surface area contributed by atoms with Crippen LogP contribution in [0.25, 0.3) is 0 Å². The quantitative estimate of drug-likeness (QED) is 0.419. The fourth-order valence-electron chi connectivity index (χ4n) is 6.87. The van der Waals surface area contributed by atoms with E-state index in [0.29, 0.717) is 11.8 Å². The van der Waals surface area contributed by atoms with E-state index in [2.05, 4.69) is 119 Å². The minimum atomic E-state index is -2.38. The molecule has 1 aromatic carbocycles. The molecule has 0 N–H and O–H groups in total. The first-order valence-corrected chi connectivity index (χ1v) is 29.8. The predicted molar refractivity (Wildman–Crippen MR) is 146 cm³/mol. The topological polar surface area (TPSA) is 0 Å². The van der Waals surface area contributed by atoms with Gasteiger partial charge in [0.2, 0.25) is 0 Å². The molecule has 2 unspecified atom stereocenters. The van der Waals surface area contributed by atoms with Crippen LogP contribution >= 0.6 is 0 Å². The van der Waals surface area contributed by atoms with Crippen molar-refractivity contribution >= 4 is 14.5 Å². The van der Waals surface area contributed by atoms with Crippen molar-refractivity contribution in [1.29, 1.82) is 0 Å². The second-order valence-electron chi connectivity index (χ2n) is 12.5. The van der Waals surface area contributed by atoms with Crippen LogP contribution in [0.3, 0.4) is 0 Å². The van der Waals surface area contributed by atoms with E-state index >= 15 is 0 Å². The molecule has 2 aliphatic rings. The van der Waals surface area contributed by atoms with E-state index in [4.69, 9.17) is 0 Å². The standard InChI is InChI=1S/2C12H19.C7H8Ge.2ClH.Hf/c2*1-8-7-9(2)11(10(8)3)12(4,5)6;1-8-7-5-3-2-4-6-7;;;/h2*8H,1-6H3;2-6H,1H3;2*1H;/q;;;;;+2/p-2. The Hall–Kier alpha value is 0.173. The Morgan fingerprint density at radius 1 is 0.657 bits per heavy atom. The molecule has 2 aliphatic carbocycles. The summed E-state index contributed by atoms with van der Waals surface area (Å²) in [5, 5.41) is 0. The third kappa shape index (κ3) is 6.10. The van der Waals surface area contributed by atoms with Gasteiger partial charge in [0.1, 0.15) is 0 Å². The van der Waals surface area contributed by atoms with Crippen molar-refractivity contribution in [2.24, 2.45) is 22.7 Å². The molecule has 3 rings (SSSR count). The molecule has 192 valence electrons. The third-order valence-electron chi connectivity index (χ3n) is 8.13. The summed E-state index contributed by atoms with van der Waals surface area (Å²) in [5.74, 6) is 3.98. The number of halogens is 2. The summed E-state index contributed by atoms with van der Waals surface area (Å²) in [7, 11) is -1.46. The molecule has 0 nitrogen and oxygen atoms in total. The molecule has 0 aromatic heterocycles. The van der Waals surface area contributed by atoms with Crippen molar-refractivity contribution in [3.8, 4) is 0 Å². The fourth-order valence-corrected chi connectivity index (χ4v) is 57.4. The number of allylic oxidation sites excluding steroid dienone is 8. The molecule has 0 radical (unpaired) electrons. The number of hydrogen-bond acceptors (Lipinski definition) is 0. The zero-order chi connectivity index (χ0) is 25.0. The predicted octanol–water partition coefficient (Wildman–Crippen LogP) is 2.71. The van der Waals surface area contributed by atoms with Crippen molar-refractivity contribution in [2.45, 2.75) is 88.8 Å². The summed E-state index contributed by atoms with van der Waals surface area (Å²) >= 11 is -2.38. The van der Waals surface area contributed by atoms with Crippen LogP contribution in [0.2, 0.25) is 5.76 Å². The van der Waals surface area contributed by atoms with Crippen LogP contribution < -0.4 is 29.2 Å². The molecule has 0 amide bonds. The summed E-state index contributed by atoms with van der Waals surface area (Å²) in [5.41, 5.74) is 10.4. The molecular formula is C31H46Cl2GeHf. The average molecular weight is 741 g/mol. The minimum Gasteiger partial charge on any atom is -1.00 e. The average Bonchev–Trinajstić information content (AvgIpc) is 3.06. The van der Waals surface area contributed by atoms with Crippen LogP contribution in [0.4, 0.5) is 0 Å². The molecule has 1 aromatic rings. The molecule has 2 atom stereocenters. The van der Waals surface area contributed by atoms with E-state index in [1.54, 1.807) is 37.8 Å². The summed E-state index contributed by atoms with van der Waals surface area (Å²) in [6.07, 6.45) is 0. The van der Waals surface area contributed by atoms with Gasteiger partial charge in [-0.2, -0.15) is 0 Å². The summed E-state index contributed by atoms with van der Waals surface area (Å²) in [4.78, 5) is 0. The molecule has 0 heterocycles. The molecule has 0 spiro atoms. The van der Waals surface area contributed by atoms with Gasteiger partial charge in [-0.25, -0.2) is 0 Å². The van der Waals surface area contributed by atoms with Crippen molar-refractivity contribution < 1.29 is 43.2 Å². The monoisotopic (exact) mass is 742 g/mol. The van der Waals surface area contributed by atoms with E-state index in [0.717, 1.165) is 0 Å². The van der Waals surface area contributed by atoms with Gasteiger partial charge in [0.05, 0.1) is 0 Å². The molecule has 0 fully saturated rings. The molecule has 0 bridgehead atoms. The van der Waals surface area contributed by atoms with Gasteiger partial charge >= 0.3 is 215 Å². The Kier molecular flexibility index (Phi) is 11.3. The Morgan fingerprint density at radius 3 is 1.29 bits per heavy atom. The van der Waals surface area contributed by atoms with E-state index in [1.807, 2.05) is 6.66 Å². The molecule has 35 heavy (non-hydrogen) atoms. The van der Waals surface area contributed by atoms with E-state index in [-0.39, 0.29) is 35.6 Å². The van der Waals surface area contributed by atoms with E-state index in [9.17, 15) is 0 Å². The van der Waals surface area contributed by atoms with E-state index in [1.165, 1.54) is 0 Å². The first-order chi connectivity index (χ1) is 15.1. The maximum absolute atomic E-state index is 2.73. The molecule has 0 saturated heterocycles. The second kappa shape index (κ2) is 11.9. The first-order valence-electron chi connectivity index (χ1n) is 12.7.